The van der Waals surface area contributed by atoms with Gasteiger partial charge < -0.3 is 29.9 Å². The van der Waals surface area contributed by atoms with Crippen LogP contribution in [0.4, 0.5) is 0 Å². The van der Waals surface area contributed by atoms with E-state index in [1.807, 2.05) is 0 Å². The third kappa shape index (κ3) is 1.73. The molecule has 0 radical (unpaired) electrons. The lowest BCUT2D eigenvalue weighted by atomic mass is 9.91. The summed E-state index contributed by atoms with van der Waals surface area (Å²) in [4.78, 5) is 0. The van der Waals surface area contributed by atoms with Gasteiger partial charge in [0.15, 0.2) is 0 Å². The second kappa shape index (κ2) is 4.52. The zero-order valence-corrected chi connectivity index (χ0v) is 10.1. The van der Waals surface area contributed by atoms with Crippen molar-refractivity contribution in [3.63, 3.8) is 0 Å². The van der Waals surface area contributed by atoms with Crippen LogP contribution in [0.3, 0.4) is 0 Å². The van der Waals surface area contributed by atoms with Gasteiger partial charge in [-0.2, -0.15) is 0 Å². The normalized spacial score (nSPS) is 42.5. The Balaban J connectivity index is 1.94. The van der Waals surface area contributed by atoms with Crippen molar-refractivity contribution < 1.29 is 29.9 Å². The Morgan fingerprint density at radius 1 is 1.16 bits per heavy atom. The highest BCUT2D eigenvalue weighted by Gasteiger charge is 2.67. The number of hydrogen-bond acceptors (Lipinski definition) is 6. The summed E-state index contributed by atoms with van der Waals surface area (Å²) in [5, 5.41) is 39.5. The molecule has 0 saturated carbocycles. The van der Waals surface area contributed by atoms with Gasteiger partial charge in [-0.3, -0.25) is 0 Å². The van der Waals surface area contributed by atoms with E-state index in [9.17, 15) is 20.4 Å². The largest absolute Gasteiger partial charge is 0.394 e. The Morgan fingerprint density at radius 3 is 2.47 bits per heavy atom. The van der Waals surface area contributed by atoms with Gasteiger partial charge in [-0.25, -0.2) is 0 Å². The summed E-state index contributed by atoms with van der Waals surface area (Å²) in [6, 6.07) is 8.62. The fraction of sp³-hybridized carbons (Fsp3) is 0.538. The topological polar surface area (TPSA) is 99.4 Å². The number of aliphatic hydroxyl groups excluding tert-OH is 4. The van der Waals surface area contributed by atoms with Crippen LogP contribution in [0.2, 0.25) is 0 Å². The molecular formula is C13H16O6. The van der Waals surface area contributed by atoms with Crippen LogP contribution in [0.15, 0.2) is 30.3 Å². The number of hydrogen-bond donors (Lipinski definition) is 4. The number of ether oxygens (including phenoxy) is 2. The number of benzene rings is 1. The Hall–Kier alpha value is -1.02. The summed E-state index contributed by atoms with van der Waals surface area (Å²) in [5.74, 6) is -1.72. The summed E-state index contributed by atoms with van der Waals surface area (Å²) in [6.07, 6.45) is -5.39. The van der Waals surface area contributed by atoms with Crippen molar-refractivity contribution in [3.8, 4) is 0 Å². The maximum absolute atomic E-state index is 10.4. The van der Waals surface area contributed by atoms with Gasteiger partial charge in [0.05, 0.1) is 6.61 Å². The molecule has 2 aliphatic rings. The first kappa shape index (κ1) is 13.0. The molecule has 6 heteroatoms. The average molecular weight is 268 g/mol. The zero-order chi connectivity index (χ0) is 13.6. The van der Waals surface area contributed by atoms with Gasteiger partial charge in [0.25, 0.3) is 0 Å². The van der Waals surface area contributed by atoms with E-state index in [-0.39, 0.29) is 6.61 Å². The summed E-state index contributed by atoms with van der Waals surface area (Å²) in [6.45, 7) is -0.349. The van der Waals surface area contributed by atoms with Gasteiger partial charge in [0.1, 0.15) is 30.5 Å². The van der Waals surface area contributed by atoms with Crippen molar-refractivity contribution in [1.29, 1.82) is 0 Å². The molecule has 2 heterocycles. The molecule has 4 N–H and O–H groups in total. The van der Waals surface area contributed by atoms with Crippen molar-refractivity contribution in [1.82, 2.24) is 0 Å². The highest BCUT2D eigenvalue weighted by molar-refractivity contribution is 5.23. The summed E-state index contributed by atoms with van der Waals surface area (Å²) in [7, 11) is 0. The Bertz CT molecular complexity index is 446. The molecule has 2 bridgehead atoms. The zero-order valence-electron chi connectivity index (χ0n) is 10.1. The van der Waals surface area contributed by atoms with E-state index in [0.717, 1.165) is 0 Å². The summed E-state index contributed by atoms with van der Waals surface area (Å²) < 4.78 is 10.9. The van der Waals surface area contributed by atoms with Crippen LogP contribution in [0.25, 0.3) is 0 Å². The van der Waals surface area contributed by atoms with E-state index in [4.69, 9.17) is 9.47 Å². The molecule has 104 valence electrons. The minimum absolute atomic E-state index is 0.349. The predicted octanol–water partition coefficient (Wildman–Crippen LogP) is -1.07. The molecule has 3 rings (SSSR count). The van der Waals surface area contributed by atoms with Gasteiger partial charge in [-0.05, 0) is 5.56 Å². The molecule has 0 spiro atoms. The average Bonchev–Trinajstić information content (AvgIpc) is 2.96. The molecule has 0 amide bonds. The van der Waals surface area contributed by atoms with Crippen LogP contribution in [-0.4, -0.2) is 57.2 Å². The highest BCUT2D eigenvalue weighted by atomic mass is 16.8. The molecule has 0 aliphatic carbocycles. The molecule has 1 unspecified atom stereocenters. The fourth-order valence-electron chi connectivity index (χ4n) is 2.77. The van der Waals surface area contributed by atoms with Crippen LogP contribution in [0.5, 0.6) is 0 Å². The minimum atomic E-state index is -1.72. The molecule has 2 fully saturated rings. The summed E-state index contributed by atoms with van der Waals surface area (Å²) >= 11 is 0. The Kier molecular flexibility index (Phi) is 3.09. The number of aliphatic hydroxyl groups is 4. The van der Waals surface area contributed by atoms with Gasteiger partial charge >= 0.3 is 0 Å². The third-order valence-electron chi connectivity index (χ3n) is 3.77. The molecule has 19 heavy (non-hydrogen) atoms. The highest BCUT2D eigenvalue weighted by Crippen LogP contribution is 2.49. The molecule has 1 aromatic rings. The Labute approximate surface area is 109 Å². The second-order valence-electron chi connectivity index (χ2n) is 4.89. The first-order valence-corrected chi connectivity index (χ1v) is 6.16. The number of fused-ring (bicyclic) bond motifs is 2. The molecule has 2 aliphatic heterocycles. The third-order valence-corrected chi connectivity index (χ3v) is 3.77. The van der Waals surface area contributed by atoms with E-state index in [1.165, 1.54) is 0 Å². The lowest BCUT2D eigenvalue weighted by molar-refractivity contribution is -0.271. The van der Waals surface area contributed by atoms with Gasteiger partial charge in [-0.15, -0.1) is 0 Å². The van der Waals surface area contributed by atoms with Crippen LogP contribution >= 0.6 is 0 Å². The van der Waals surface area contributed by atoms with Crippen LogP contribution < -0.4 is 0 Å². The summed E-state index contributed by atoms with van der Waals surface area (Å²) in [5.41, 5.74) is 0.507. The minimum Gasteiger partial charge on any atom is -0.394 e. The maximum Gasteiger partial charge on any atom is 0.229 e. The monoisotopic (exact) mass is 268 g/mol. The van der Waals surface area contributed by atoms with Crippen molar-refractivity contribution in [2.45, 2.75) is 36.3 Å². The molecule has 2 saturated heterocycles. The van der Waals surface area contributed by atoms with Crippen LogP contribution in [-0.2, 0) is 9.47 Å². The lowest BCUT2D eigenvalue weighted by Gasteiger charge is -2.36. The molecular weight excluding hydrogens is 252 g/mol. The van der Waals surface area contributed by atoms with E-state index in [0.29, 0.717) is 5.56 Å². The molecule has 0 aromatic heterocycles. The van der Waals surface area contributed by atoms with E-state index >= 15 is 0 Å². The van der Waals surface area contributed by atoms with Crippen molar-refractivity contribution in [2.24, 2.45) is 0 Å². The maximum atomic E-state index is 10.4. The van der Waals surface area contributed by atoms with E-state index < -0.39 is 36.3 Å². The van der Waals surface area contributed by atoms with E-state index in [2.05, 4.69) is 0 Å². The predicted molar refractivity (Wildman–Crippen MR) is 63.0 cm³/mol. The van der Waals surface area contributed by atoms with Crippen molar-refractivity contribution in [2.75, 3.05) is 6.61 Å². The quantitative estimate of drug-likeness (QED) is 0.557. The second-order valence-corrected chi connectivity index (χ2v) is 4.89. The number of rotatable bonds is 3. The lowest BCUT2D eigenvalue weighted by Crippen LogP contribution is -2.55. The first-order chi connectivity index (χ1) is 9.10. The van der Waals surface area contributed by atoms with E-state index in [1.54, 1.807) is 30.3 Å². The SMILES string of the molecule is OC[C@H]1OC2([C@@H](O)c3ccccc3)O[C@@H]1[C@H](O)[C@H]2O. The van der Waals surface area contributed by atoms with Gasteiger partial charge in [0, 0.05) is 0 Å². The van der Waals surface area contributed by atoms with Crippen molar-refractivity contribution >= 4 is 0 Å². The van der Waals surface area contributed by atoms with Gasteiger partial charge in [-0.1, -0.05) is 30.3 Å². The first-order valence-electron chi connectivity index (χ1n) is 6.16. The fourth-order valence-corrected chi connectivity index (χ4v) is 2.77. The molecule has 6 nitrogen and oxygen atoms in total. The standard InChI is InChI=1S/C13H16O6/c14-6-8-10-9(15)12(17)13(18-8,19-10)11(16)7-4-2-1-3-5-7/h1-5,8-12,14-17H,6H2/t8-,9+,10+,11+,12-,13?/m1/s1. The van der Waals surface area contributed by atoms with Crippen LogP contribution in [0, 0.1) is 0 Å². The smallest absolute Gasteiger partial charge is 0.229 e. The molecule has 6 atom stereocenters. The Morgan fingerprint density at radius 2 is 1.84 bits per heavy atom. The van der Waals surface area contributed by atoms with Crippen LogP contribution in [0.1, 0.15) is 11.7 Å². The van der Waals surface area contributed by atoms with Crippen molar-refractivity contribution in [3.05, 3.63) is 35.9 Å². The van der Waals surface area contributed by atoms with Gasteiger partial charge in [0.2, 0.25) is 5.79 Å². The molecule has 1 aromatic carbocycles.